The third-order valence-electron chi connectivity index (χ3n) is 12.8. The summed E-state index contributed by atoms with van der Waals surface area (Å²) >= 11 is 0. The molecule has 0 heterocycles. The first kappa shape index (κ1) is 26.2. The van der Waals surface area contributed by atoms with E-state index in [1.807, 2.05) is 13.0 Å². The number of carbonyl (C=O) groups is 3. The Morgan fingerprint density at radius 2 is 1.73 bits per heavy atom. The average Bonchev–Trinajstić information content (AvgIpc) is 2.86. The number of ketones is 2. The van der Waals surface area contributed by atoms with E-state index in [1.165, 1.54) is 0 Å². The molecule has 4 fully saturated rings. The molecule has 0 aromatic carbocycles. The molecular weight excluding hydrogens is 460 g/mol. The molecule has 0 aliphatic heterocycles. The summed E-state index contributed by atoms with van der Waals surface area (Å²) in [6.07, 6.45) is 18.1. The molecule has 0 spiro atoms. The van der Waals surface area contributed by atoms with Crippen LogP contribution in [0.15, 0.2) is 37.0 Å². The lowest BCUT2D eigenvalue weighted by Gasteiger charge is -2.69. The number of aliphatic carboxylic acids is 1. The first-order chi connectivity index (χ1) is 17.2. The van der Waals surface area contributed by atoms with Crippen molar-refractivity contribution in [1.82, 2.24) is 0 Å². The van der Waals surface area contributed by atoms with Crippen LogP contribution in [0.1, 0.15) is 85.5 Å². The van der Waals surface area contributed by atoms with Crippen molar-refractivity contribution in [3.05, 3.63) is 37.0 Å². The Hall–Kier alpha value is -2.41. The number of carboxylic acids is 1. The van der Waals surface area contributed by atoms with Crippen molar-refractivity contribution >= 4 is 17.5 Å². The summed E-state index contributed by atoms with van der Waals surface area (Å²) < 4.78 is 0. The molecule has 9 atom stereocenters. The maximum absolute atomic E-state index is 14.3. The van der Waals surface area contributed by atoms with Crippen molar-refractivity contribution in [3.8, 4) is 12.3 Å². The standard InChI is InChI=1S/C33H42O4/c1-8-29(5)24-11-14-31(7)26(30(24,6)13-12-25(29)35)23(34)19-21-22-20-32(9-2,27(36)37)17-15-28(22,4)16-18-33(21,31)10-3/h1,9-10,19,22,24,26H,2-3,11-18,20H2,4-7H3,(H,36,37)/t22?,24?,26?,28-,29+,30+,31-,32+,33-/m1/s1. The van der Waals surface area contributed by atoms with Crippen LogP contribution in [0.25, 0.3) is 0 Å². The van der Waals surface area contributed by atoms with E-state index in [9.17, 15) is 19.5 Å². The van der Waals surface area contributed by atoms with Crippen LogP contribution < -0.4 is 0 Å². The molecule has 5 rings (SSSR count). The van der Waals surface area contributed by atoms with Gasteiger partial charge in [-0.05, 0) is 92.4 Å². The molecule has 198 valence electrons. The molecule has 4 saturated carbocycles. The monoisotopic (exact) mass is 502 g/mol. The van der Waals surface area contributed by atoms with Crippen LogP contribution in [0.3, 0.4) is 0 Å². The smallest absolute Gasteiger partial charge is 0.313 e. The molecule has 0 amide bonds. The summed E-state index contributed by atoms with van der Waals surface area (Å²) in [6.45, 7) is 17.0. The van der Waals surface area contributed by atoms with Gasteiger partial charge in [-0.25, -0.2) is 0 Å². The zero-order valence-corrected chi connectivity index (χ0v) is 23.0. The first-order valence-electron chi connectivity index (χ1n) is 14.0. The average molecular weight is 503 g/mol. The van der Waals surface area contributed by atoms with Crippen LogP contribution in [0.5, 0.6) is 0 Å². The Kier molecular flexibility index (Phi) is 5.53. The molecule has 0 aromatic heterocycles. The molecule has 5 aliphatic carbocycles. The lowest BCUT2D eigenvalue weighted by atomic mass is 9.33. The maximum Gasteiger partial charge on any atom is 0.313 e. The van der Waals surface area contributed by atoms with Crippen LogP contribution in [-0.4, -0.2) is 22.6 Å². The van der Waals surface area contributed by atoms with Crippen LogP contribution in [0.4, 0.5) is 0 Å². The second-order valence-corrected chi connectivity index (χ2v) is 14.0. The number of fused-ring (bicyclic) bond motifs is 7. The molecule has 0 saturated heterocycles. The molecule has 4 heteroatoms. The van der Waals surface area contributed by atoms with Gasteiger partial charge in [0, 0.05) is 17.8 Å². The maximum atomic E-state index is 14.3. The number of hydrogen-bond acceptors (Lipinski definition) is 3. The van der Waals surface area contributed by atoms with Crippen molar-refractivity contribution in [1.29, 1.82) is 0 Å². The highest BCUT2D eigenvalue weighted by Gasteiger charge is 2.71. The first-order valence-corrected chi connectivity index (χ1v) is 14.0. The van der Waals surface area contributed by atoms with Crippen molar-refractivity contribution in [2.45, 2.75) is 85.5 Å². The zero-order chi connectivity index (χ0) is 27.2. The van der Waals surface area contributed by atoms with E-state index in [0.717, 1.165) is 37.7 Å². The molecule has 5 aliphatic rings. The fourth-order valence-electron chi connectivity index (χ4n) is 10.4. The summed E-state index contributed by atoms with van der Waals surface area (Å²) in [5, 5.41) is 10.2. The summed E-state index contributed by atoms with van der Waals surface area (Å²) in [6, 6.07) is 0. The Bertz CT molecular complexity index is 1190. The number of terminal acetylenes is 1. The highest BCUT2D eigenvalue weighted by Crippen LogP contribution is 2.75. The molecule has 3 unspecified atom stereocenters. The fourth-order valence-corrected chi connectivity index (χ4v) is 10.4. The summed E-state index contributed by atoms with van der Waals surface area (Å²) in [5.74, 6) is 2.00. The number of rotatable bonds is 3. The van der Waals surface area contributed by atoms with Gasteiger partial charge in [0.2, 0.25) is 0 Å². The molecule has 37 heavy (non-hydrogen) atoms. The van der Waals surface area contributed by atoms with Gasteiger partial charge >= 0.3 is 5.97 Å². The minimum atomic E-state index is -0.974. The number of carbonyl (C=O) groups excluding carboxylic acids is 2. The van der Waals surface area contributed by atoms with Gasteiger partial charge in [-0.3, -0.25) is 14.4 Å². The molecule has 0 radical (unpaired) electrons. The normalized spacial score (nSPS) is 50.8. The van der Waals surface area contributed by atoms with Crippen LogP contribution in [-0.2, 0) is 14.4 Å². The Morgan fingerprint density at radius 3 is 2.32 bits per heavy atom. The van der Waals surface area contributed by atoms with Crippen molar-refractivity contribution in [3.63, 3.8) is 0 Å². The van der Waals surface area contributed by atoms with E-state index in [-0.39, 0.29) is 51.0 Å². The highest BCUT2D eigenvalue weighted by atomic mass is 16.4. The number of hydrogen-bond donors (Lipinski definition) is 1. The summed E-state index contributed by atoms with van der Waals surface area (Å²) in [4.78, 5) is 39.8. The fraction of sp³-hybridized carbons (Fsp3) is 0.667. The van der Waals surface area contributed by atoms with E-state index in [4.69, 9.17) is 6.42 Å². The van der Waals surface area contributed by atoms with E-state index in [2.05, 4.69) is 45.9 Å². The number of carboxylic acid groups (broad SMARTS) is 1. The van der Waals surface area contributed by atoms with Gasteiger partial charge in [0.15, 0.2) is 11.6 Å². The summed E-state index contributed by atoms with van der Waals surface area (Å²) in [7, 11) is 0. The Labute approximate surface area is 222 Å². The van der Waals surface area contributed by atoms with E-state index >= 15 is 0 Å². The molecule has 1 N–H and O–H groups in total. The van der Waals surface area contributed by atoms with E-state index < -0.39 is 16.8 Å². The molecular formula is C33H42O4. The largest absolute Gasteiger partial charge is 0.481 e. The van der Waals surface area contributed by atoms with Gasteiger partial charge in [0.05, 0.1) is 10.8 Å². The van der Waals surface area contributed by atoms with Gasteiger partial charge < -0.3 is 5.11 Å². The van der Waals surface area contributed by atoms with Crippen LogP contribution in [0.2, 0.25) is 0 Å². The summed E-state index contributed by atoms with van der Waals surface area (Å²) in [5.41, 5.74) is -1.91. The minimum Gasteiger partial charge on any atom is -0.481 e. The van der Waals surface area contributed by atoms with Gasteiger partial charge in [-0.2, -0.15) is 0 Å². The predicted molar refractivity (Wildman–Crippen MR) is 144 cm³/mol. The topological polar surface area (TPSA) is 71.4 Å². The van der Waals surface area contributed by atoms with Crippen molar-refractivity contribution in [2.75, 3.05) is 0 Å². The van der Waals surface area contributed by atoms with Gasteiger partial charge in [-0.1, -0.05) is 44.4 Å². The van der Waals surface area contributed by atoms with Crippen molar-refractivity contribution < 1.29 is 19.5 Å². The van der Waals surface area contributed by atoms with E-state index in [1.54, 1.807) is 6.08 Å². The number of Topliss-reactive ketones (excluding diaryl/α,β-unsaturated/α-hetero) is 1. The van der Waals surface area contributed by atoms with Gasteiger partial charge in [0.1, 0.15) is 0 Å². The van der Waals surface area contributed by atoms with E-state index in [0.29, 0.717) is 25.7 Å². The minimum absolute atomic E-state index is 0.0155. The molecule has 0 bridgehead atoms. The second-order valence-electron chi connectivity index (χ2n) is 14.0. The van der Waals surface area contributed by atoms with Crippen LogP contribution >= 0.6 is 0 Å². The second kappa shape index (κ2) is 7.81. The predicted octanol–water partition coefficient (Wildman–Crippen LogP) is 6.57. The van der Waals surface area contributed by atoms with Gasteiger partial charge in [-0.15, -0.1) is 19.6 Å². The quantitative estimate of drug-likeness (QED) is 0.350. The Morgan fingerprint density at radius 1 is 1.05 bits per heavy atom. The van der Waals surface area contributed by atoms with Crippen LogP contribution in [0, 0.1) is 62.6 Å². The zero-order valence-electron chi connectivity index (χ0n) is 23.0. The Balaban J connectivity index is 1.68. The van der Waals surface area contributed by atoms with Gasteiger partial charge in [0.25, 0.3) is 0 Å². The lowest BCUT2D eigenvalue weighted by molar-refractivity contribution is -0.180. The highest BCUT2D eigenvalue weighted by molar-refractivity contribution is 5.97. The number of allylic oxidation sites excluding steroid dienone is 3. The lowest BCUT2D eigenvalue weighted by Crippen LogP contribution is -2.66. The SMILES string of the molecule is C#C[C@]1(C)C(=O)CC[C@@]2(C)C1CC[C@]1(C)C2C(=O)C=C2C3C[C@@](C=C)(C(=O)O)CC[C@]3(C)CC[C@]21C=C. The van der Waals surface area contributed by atoms with Crippen molar-refractivity contribution in [2.24, 2.45) is 50.2 Å². The third-order valence-corrected chi connectivity index (χ3v) is 12.8. The molecule has 0 aromatic rings. The molecule has 4 nitrogen and oxygen atoms in total. The third kappa shape index (κ3) is 2.95.